The minimum absolute atomic E-state index is 0.258. The van der Waals surface area contributed by atoms with Gasteiger partial charge in [0.25, 0.3) is 6.43 Å². The molecule has 1 aliphatic heterocycles. The molecule has 1 saturated heterocycles. The number of methoxy groups -OCH3 is 2. The van der Waals surface area contributed by atoms with E-state index in [9.17, 15) is 13.2 Å². The van der Waals surface area contributed by atoms with Gasteiger partial charge in [0, 0.05) is 38.5 Å². The highest BCUT2D eigenvalue weighted by Gasteiger charge is 2.30. The number of aromatic nitrogens is 6. The molecule has 0 radical (unpaired) electrons. The monoisotopic (exact) mass is 504 g/mol. The molecular formula is C23H27F3N8O2. The number of anilines is 1. The van der Waals surface area contributed by atoms with Gasteiger partial charge in [-0.3, -0.25) is 4.90 Å². The lowest BCUT2D eigenvalue weighted by atomic mass is 10.0. The van der Waals surface area contributed by atoms with Crippen LogP contribution in [0.4, 0.5) is 19.1 Å². The van der Waals surface area contributed by atoms with Crippen molar-refractivity contribution in [3.63, 3.8) is 0 Å². The van der Waals surface area contributed by atoms with Crippen LogP contribution in [0.5, 0.6) is 5.88 Å². The smallest absolute Gasteiger partial charge is 0.258 e. The van der Waals surface area contributed by atoms with Gasteiger partial charge in [-0.25, -0.2) is 22.4 Å². The highest BCUT2D eigenvalue weighted by atomic mass is 19.3. The second-order valence-corrected chi connectivity index (χ2v) is 8.68. The van der Waals surface area contributed by atoms with E-state index in [1.807, 2.05) is 17.0 Å². The van der Waals surface area contributed by atoms with Gasteiger partial charge in [0.1, 0.15) is 23.7 Å². The number of alkyl halides is 3. The number of hydrogen-bond acceptors (Lipinski definition) is 8. The standard InChI is InChI=1S/C23H27F3N8O2/c1-35-10-9-32-7-6-17(16(24)12-32)27-23-28-22(36-2)21-15(5-8-33(21)30-23)14-3-4-18-19(11-14)34(31-29-18)13-20(25)26/h3-5,8,11,16-17,20H,6-7,9-10,12-13H2,1-2H3,(H,27,30)/t16-,17-/m1/s1. The SMILES string of the molecule is COCCN1CC[C@@H](Nc2nc(OC)c3c(-c4ccc5nnn(CC(F)F)c5c4)ccn3n2)[C@H](F)C1. The number of hydrogen-bond donors (Lipinski definition) is 1. The molecule has 1 N–H and O–H groups in total. The third-order valence-electron chi connectivity index (χ3n) is 6.36. The van der Waals surface area contributed by atoms with Crippen LogP contribution in [-0.2, 0) is 11.3 Å². The van der Waals surface area contributed by atoms with Crippen LogP contribution >= 0.6 is 0 Å². The first-order valence-corrected chi connectivity index (χ1v) is 11.6. The zero-order valence-corrected chi connectivity index (χ0v) is 19.9. The van der Waals surface area contributed by atoms with Crippen molar-refractivity contribution < 1.29 is 22.6 Å². The fourth-order valence-electron chi connectivity index (χ4n) is 4.55. The van der Waals surface area contributed by atoms with Gasteiger partial charge in [-0.15, -0.1) is 10.2 Å². The van der Waals surface area contributed by atoms with Gasteiger partial charge in [-0.05, 0) is 30.2 Å². The van der Waals surface area contributed by atoms with E-state index in [0.717, 1.165) is 17.7 Å². The Balaban J connectivity index is 1.42. The number of halogens is 3. The van der Waals surface area contributed by atoms with Gasteiger partial charge in [-0.1, -0.05) is 11.3 Å². The van der Waals surface area contributed by atoms with Gasteiger partial charge in [0.05, 0.1) is 25.3 Å². The highest BCUT2D eigenvalue weighted by Crippen LogP contribution is 2.33. The molecular weight excluding hydrogens is 477 g/mol. The minimum Gasteiger partial charge on any atom is -0.479 e. The van der Waals surface area contributed by atoms with Crippen LogP contribution in [0.1, 0.15) is 6.42 Å². The van der Waals surface area contributed by atoms with E-state index in [1.54, 1.807) is 30.0 Å². The zero-order chi connectivity index (χ0) is 25.2. The molecule has 4 aromatic rings. The van der Waals surface area contributed by atoms with Crippen molar-refractivity contribution in [1.29, 1.82) is 0 Å². The van der Waals surface area contributed by atoms with E-state index in [-0.39, 0.29) is 5.95 Å². The maximum Gasteiger partial charge on any atom is 0.258 e. The Labute approximate surface area is 205 Å². The number of rotatable bonds is 9. The molecule has 0 unspecified atom stereocenters. The molecule has 1 aromatic carbocycles. The highest BCUT2D eigenvalue weighted by molar-refractivity contribution is 5.89. The van der Waals surface area contributed by atoms with Crippen molar-refractivity contribution >= 4 is 22.5 Å². The summed E-state index contributed by atoms with van der Waals surface area (Å²) in [4.78, 5) is 6.53. The molecule has 0 amide bonds. The van der Waals surface area contributed by atoms with Crippen LogP contribution in [0.2, 0.25) is 0 Å². The lowest BCUT2D eigenvalue weighted by Crippen LogP contribution is -2.48. The first-order chi connectivity index (χ1) is 17.5. The van der Waals surface area contributed by atoms with Gasteiger partial charge in [0.15, 0.2) is 0 Å². The average molecular weight is 505 g/mol. The van der Waals surface area contributed by atoms with Crippen LogP contribution in [0.15, 0.2) is 30.5 Å². The molecule has 5 rings (SSSR count). The average Bonchev–Trinajstić information content (AvgIpc) is 3.47. The fraction of sp³-hybridized carbons (Fsp3) is 0.478. The summed E-state index contributed by atoms with van der Waals surface area (Å²) < 4.78 is 54.2. The van der Waals surface area contributed by atoms with E-state index in [4.69, 9.17) is 9.47 Å². The van der Waals surface area contributed by atoms with Crippen molar-refractivity contribution in [2.24, 2.45) is 0 Å². The lowest BCUT2D eigenvalue weighted by molar-refractivity contribution is 0.0918. The molecule has 3 aromatic heterocycles. The number of likely N-dealkylation sites (tertiary alicyclic amines) is 1. The first kappa shape index (κ1) is 24.3. The Kier molecular flexibility index (Phi) is 6.92. The lowest BCUT2D eigenvalue weighted by Gasteiger charge is -2.34. The third kappa shape index (κ3) is 4.80. The Morgan fingerprint density at radius 3 is 2.83 bits per heavy atom. The summed E-state index contributed by atoms with van der Waals surface area (Å²) in [6.07, 6.45) is -1.28. The third-order valence-corrected chi connectivity index (χ3v) is 6.36. The van der Waals surface area contributed by atoms with Gasteiger partial charge < -0.3 is 14.8 Å². The molecule has 36 heavy (non-hydrogen) atoms. The number of nitrogens with zero attached hydrogens (tertiary/aromatic N) is 7. The van der Waals surface area contributed by atoms with E-state index >= 15 is 0 Å². The van der Waals surface area contributed by atoms with Crippen molar-refractivity contribution in [2.75, 3.05) is 45.8 Å². The normalized spacial score (nSPS) is 18.9. The summed E-state index contributed by atoms with van der Waals surface area (Å²) in [5.74, 6) is 0.564. The number of ether oxygens (including phenoxy) is 2. The number of benzene rings is 1. The Morgan fingerprint density at radius 2 is 2.08 bits per heavy atom. The molecule has 0 saturated carbocycles. The number of nitrogens with one attached hydrogen (secondary N) is 1. The van der Waals surface area contributed by atoms with Crippen LogP contribution < -0.4 is 10.1 Å². The van der Waals surface area contributed by atoms with Gasteiger partial charge >= 0.3 is 0 Å². The molecule has 0 aliphatic carbocycles. The van der Waals surface area contributed by atoms with Crippen LogP contribution in [0, 0.1) is 0 Å². The van der Waals surface area contributed by atoms with Crippen molar-refractivity contribution in [3.8, 4) is 17.0 Å². The maximum absolute atomic E-state index is 14.8. The number of fused-ring (bicyclic) bond motifs is 2. The topological polar surface area (TPSA) is 94.6 Å². The predicted octanol–water partition coefficient (Wildman–Crippen LogP) is 2.89. The molecule has 0 bridgehead atoms. The summed E-state index contributed by atoms with van der Waals surface area (Å²) in [6.45, 7) is 1.77. The first-order valence-electron chi connectivity index (χ1n) is 11.6. The van der Waals surface area contributed by atoms with E-state index in [2.05, 4.69) is 25.7 Å². The van der Waals surface area contributed by atoms with Gasteiger partial charge in [-0.2, -0.15) is 4.98 Å². The molecule has 0 spiro atoms. The van der Waals surface area contributed by atoms with E-state index < -0.39 is 25.2 Å². The second-order valence-electron chi connectivity index (χ2n) is 8.68. The molecule has 4 heterocycles. The molecule has 1 aliphatic rings. The predicted molar refractivity (Wildman–Crippen MR) is 127 cm³/mol. The molecule has 1 fully saturated rings. The van der Waals surface area contributed by atoms with Crippen molar-refractivity contribution in [1.82, 2.24) is 34.5 Å². The van der Waals surface area contributed by atoms with Gasteiger partial charge in [0.2, 0.25) is 11.8 Å². The molecule has 192 valence electrons. The summed E-state index contributed by atoms with van der Waals surface area (Å²) in [6, 6.07) is 6.72. The summed E-state index contributed by atoms with van der Waals surface area (Å²) in [5.41, 5.74) is 3.11. The van der Waals surface area contributed by atoms with Crippen LogP contribution in [-0.4, -0.2) is 93.6 Å². The van der Waals surface area contributed by atoms with E-state index in [1.165, 1.54) is 11.8 Å². The quantitative estimate of drug-likeness (QED) is 0.372. The largest absolute Gasteiger partial charge is 0.479 e. The van der Waals surface area contributed by atoms with E-state index in [0.29, 0.717) is 48.5 Å². The van der Waals surface area contributed by atoms with Crippen LogP contribution in [0.25, 0.3) is 27.7 Å². The maximum atomic E-state index is 14.8. The second kappa shape index (κ2) is 10.3. The summed E-state index contributed by atoms with van der Waals surface area (Å²) >= 11 is 0. The Hall–Kier alpha value is -3.45. The summed E-state index contributed by atoms with van der Waals surface area (Å²) in [5, 5.41) is 15.4. The molecule has 13 heteroatoms. The zero-order valence-electron chi connectivity index (χ0n) is 19.9. The fourth-order valence-corrected chi connectivity index (χ4v) is 4.55. The van der Waals surface area contributed by atoms with Crippen molar-refractivity contribution in [2.45, 2.75) is 31.6 Å². The minimum atomic E-state index is -2.55. The molecule has 10 nitrogen and oxygen atoms in total. The van der Waals surface area contributed by atoms with Crippen molar-refractivity contribution in [3.05, 3.63) is 30.5 Å². The summed E-state index contributed by atoms with van der Waals surface area (Å²) in [7, 11) is 3.13. The Morgan fingerprint density at radius 1 is 1.22 bits per heavy atom. The number of piperidine rings is 1. The van der Waals surface area contributed by atoms with Crippen LogP contribution in [0.3, 0.4) is 0 Å². The Bertz CT molecular complexity index is 1340. The molecule has 2 atom stereocenters.